The molecule has 0 N–H and O–H groups in total. The summed E-state index contributed by atoms with van der Waals surface area (Å²) in [4.78, 5) is 3.68. The Morgan fingerprint density at radius 2 is 1.53 bits per heavy atom. The highest BCUT2D eigenvalue weighted by Crippen LogP contribution is 2.33. The highest BCUT2D eigenvalue weighted by Gasteiger charge is 2.34. The number of halogens is 2. The highest BCUT2D eigenvalue weighted by molar-refractivity contribution is 5.28. The minimum atomic E-state index is -3.03. The predicted molar refractivity (Wildman–Crippen MR) is 53.7 cm³/mol. The number of hydrogen-bond donors (Lipinski definition) is 0. The van der Waals surface area contributed by atoms with Crippen molar-refractivity contribution in [2.75, 3.05) is 0 Å². The molecule has 1 heterocycles. The van der Waals surface area contributed by atoms with E-state index in [1.807, 2.05) is 0 Å². The van der Waals surface area contributed by atoms with Crippen LogP contribution < -0.4 is 0 Å². The summed E-state index contributed by atoms with van der Waals surface area (Å²) >= 11 is 0. The Morgan fingerprint density at radius 1 is 0.867 bits per heavy atom. The average Bonchev–Trinajstić information content (AvgIpc) is 2.31. The molecule has 0 aliphatic heterocycles. The first-order valence-corrected chi connectivity index (χ1v) is 4.56. The Morgan fingerprint density at radius 3 is 2.13 bits per heavy atom. The van der Waals surface area contributed by atoms with Gasteiger partial charge in [-0.05, 0) is 12.1 Å². The van der Waals surface area contributed by atoms with Crippen molar-refractivity contribution >= 4 is 0 Å². The second-order valence-electron chi connectivity index (χ2n) is 3.16. The van der Waals surface area contributed by atoms with Crippen molar-refractivity contribution in [3.8, 4) is 0 Å². The zero-order valence-electron chi connectivity index (χ0n) is 7.90. The first kappa shape index (κ1) is 9.77. The molecule has 15 heavy (non-hydrogen) atoms. The fourth-order valence-electron chi connectivity index (χ4n) is 1.34. The number of hydrogen-bond acceptors (Lipinski definition) is 1. The largest absolute Gasteiger partial charge is 0.314 e. The van der Waals surface area contributed by atoms with E-state index in [4.69, 9.17) is 0 Å². The molecule has 0 saturated carbocycles. The van der Waals surface area contributed by atoms with Crippen molar-refractivity contribution in [1.82, 2.24) is 4.98 Å². The van der Waals surface area contributed by atoms with E-state index in [9.17, 15) is 8.78 Å². The third kappa shape index (κ3) is 1.86. The molecule has 0 aliphatic carbocycles. The van der Waals surface area contributed by atoms with Gasteiger partial charge in [0.2, 0.25) is 0 Å². The lowest BCUT2D eigenvalue weighted by molar-refractivity contribution is 0.0380. The molecule has 0 spiro atoms. The van der Waals surface area contributed by atoms with Crippen LogP contribution >= 0.6 is 0 Å². The minimum absolute atomic E-state index is 0.0382. The minimum Gasteiger partial charge on any atom is -0.255 e. The fraction of sp³-hybridized carbons (Fsp3) is 0.0833. The lowest BCUT2D eigenvalue weighted by atomic mass is 10.1. The maximum Gasteiger partial charge on any atom is 0.314 e. The predicted octanol–water partition coefficient (Wildman–Crippen LogP) is 3.22. The van der Waals surface area contributed by atoms with Gasteiger partial charge >= 0.3 is 5.92 Å². The standard InChI is InChI=1S/C12H9F2N/c13-12(14,10-6-2-1-3-7-10)11-8-4-5-9-15-11/h1-9H. The Bertz CT molecular complexity index is 384. The number of pyridine rings is 1. The highest BCUT2D eigenvalue weighted by atomic mass is 19.3. The second kappa shape index (κ2) is 3.77. The van der Waals surface area contributed by atoms with Gasteiger partial charge in [-0.25, -0.2) is 0 Å². The van der Waals surface area contributed by atoms with E-state index in [-0.39, 0.29) is 11.3 Å². The molecule has 1 nitrogen and oxygen atoms in total. The van der Waals surface area contributed by atoms with Crippen LogP contribution in [0.1, 0.15) is 11.3 Å². The summed E-state index contributed by atoms with van der Waals surface area (Å²) in [5.74, 6) is -3.03. The quantitative estimate of drug-likeness (QED) is 0.733. The van der Waals surface area contributed by atoms with Crippen LogP contribution in [0.15, 0.2) is 54.7 Å². The SMILES string of the molecule is FC(F)(c1ccccc1)c1ccccn1. The van der Waals surface area contributed by atoms with Crippen LogP contribution in [-0.4, -0.2) is 4.98 Å². The zero-order valence-corrected chi connectivity index (χ0v) is 7.90. The summed E-state index contributed by atoms with van der Waals surface area (Å²) < 4.78 is 27.7. The summed E-state index contributed by atoms with van der Waals surface area (Å²) in [6, 6.07) is 12.2. The number of aromatic nitrogens is 1. The van der Waals surface area contributed by atoms with Gasteiger partial charge in [-0.3, -0.25) is 4.98 Å². The summed E-state index contributed by atoms with van der Waals surface area (Å²) in [5.41, 5.74) is -0.264. The van der Waals surface area contributed by atoms with Gasteiger partial charge in [-0.15, -0.1) is 0 Å². The van der Waals surface area contributed by atoms with E-state index >= 15 is 0 Å². The van der Waals surface area contributed by atoms with Crippen molar-refractivity contribution < 1.29 is 8.78 Å². The lowest BCUT2D eigenvalue weighted by Crippen LogP contribution is -2.16. The van der Waals surface area contributed by atoms with E-state index in [0.29, 0.717) is 0 Å². The van der Waals surface area contributed by atoms with Gasteiger partial charge < -0.3 is 0 Å². The first-order valence-electron chi connectivity index (χ1n) is 4.56. The number of nitrogens with zero attached hydrogens (tertiary/aromatic N) is 1. The molecule has 0 unspecified atom stereocenters. The molecule has 0 saturated heterocycles. The normalized spacial score (nSPS) is 11.3. The first-order chi connectivity index (χ1) is 7.21. The van der Waals surface area contributed by atoms with E-state index in [0.717, 1.165) is 0 Å². The molecule has 0 aliphatic rings. The van der Waals surface area contributed by atoms with E-state index in [1.54, 1.807) is 30.3 Å². The average molecular weight is 205 g/mol. The van der Waals surface area contributed by atoms with Crippen molar-refractivity contribution in [3.63, 3.8) is 0 Å². The Kier molecular flexibility index (Phi) is 2.46. The maximum atomic E-state index is 13.8. The van der Waals surface area contributed by atoms with Crippen LogP contribution in [0.5, 0.6) is 0 Å². The monoisotopic (exact) mass is 205 g/mol. The van der Waals surface area contributed by atoms with Crippen molar-refractivity contribution in [2.45, 2.75) is 5.92 Å². The summed E-state index contributed by atoms with van der Waals surface area (Å²) in [6.45, 7) is 0. The molecule has 0 fully saturated rings. The molecular formula is C12H9F2N. The van der Waals surface area contributed by atoms with Crippen LogP contribution in [0.2, 0.25) is 0 Å². The fourth-order valence-corrected chi connectivity index (χ4v) is 1.34. The Balaban J connectivity index is 2.44. The Hall–Kier alpha value is -1.77. The molecule has 2 rings (SSSR count). The second-order valence-corrected chi connectivity index (χ2v) is 3.16. The van der Waals surface area contributed by atoms with Gasteiger partial charge in [-0.2, -0.15) is 8.78 Å². The van der Waals surface area contributed by atoms with Gasteiger partial charge in [0, 0.05) is 11.8 Å². The molecule has 76 valence electrons. The lowest BCUT2D eigenvalue weighted by Gasteiger charge is -2.15. The smallest absolute Gasteiger partial charge is 0.255 e. The maximum absolute atomic E-state index is 13.8. The van der Waals surface area contributed by atoms with Crippen molar-refractivity contribution in [3.05, 3.63) is 66.0 Å². The Labute approximate surface area is 86.4 Å². The number of benzene rings is 1. The summed E-state index contributed by atoms with van der Waals surface area (Å²) in [6.07, 6.45) is 1.37. The van der Waals surface area contributed by atoms with Gasteiger partial charge in [-0.1, -0.05) is 36.4 Å². The van der Waals surface area contributed by atoms with E-state index in [1.165, 1.54) is 24.4 Å². The molecular weight excluding hydrogens is 196 g/mol. The van der Waals surface area contributed by atoms with Crippen molar-refractivity contribution in [1.29, 1.82) is 0 Å². The molecule has 3 heteroatoms. The van der Waals surface area contributed by atoms with Gasteiger partial charge in [0.15, 0.2) is 0 Å². The van der Waals surface area contributed by atoms with Gasteiger partial charge in [0.25, 0.3) is 0 Å². The van der Waals surface area contributed by atoms with E-state index < -0.39 is 5.92 Å². The zero-order chi connectivity index (χ0) is 10.7. The number of rotatable bonds is 2. The van der Waals surface area contributed by atoms with Crippen LogP contribution in [0.3, 0.4) is 0 Å². The van der Waals surface area contributed by atoms with Gasteiger partial charge in [0.1, 0.15) is 5.69 Å². The van der Waals surface area contributed by atoms with E-state index in [2.05, 4.69) is 4.98 Å². The molecule has 0 bridgehead atoms. The third-order valence-electron chi connectivity index (χ3n) is 2.12. The van der Waals surface area contributed by atoms with Gasteiger partial charge in [0.05, 0.1) is 0 Å². The molecule has 2 aromatic rings. The third-order valence-corrected chi connectivity index (χ3v) is 2.12. The molecule has 0 radical (unpaired) electrons. The van der Waals surface area contributed by atoms with Crippen molar-refractivity contribution in [2.24, 2.45) is 0 Å². The molecule has 1 aromatic heterocycles. The van der Waals surface area contributed by atoms with Crippen LogP contribution in [0.4, 0.5) is 8.78 Å². The molecule has 1 aromatic carbocycles. The number of alkyl halides is 2. The molecule has 0 amide bonds. The van der Waals surface area contributed by atoms with Crippen LogP contribution in [0.25, 0.3) is 0 Å². The van der Waals surface area contributed by atoms with Crippen LogP contribution in [-0.2, 0) is 5.92 Å². The summed E-state index contributed by atoms with van der Waals surface area (Å²) in [5, 5.41) is 0. The molecule has 0 atom stereocenters. The summed E-state index contributed by atoms with van der Waals surface area (Å²) in [7, 11) is 0. The van der Waals surface area contributed by atoms with Crippen LogP contribution in [0, 0.1) is 0 Å². The topological polar surface area (TPSA) is 12.9 Å².